The maximum absolute atomic E-state index is 10.6. The van der Waals surface area contributed by atoms with Crippen LogP contribution in [0.4, 0.5) is 0 Å². The predicted octanol–water partition coefficient (Wildman–Crippen LogP) is 0.896. The second kappa shape index (κ2) is 4.56. The lowest BCUT2D eigenvalue weighted by Gasteiger charge is -2.28. The maximum Gasteiger partial charge on any atom is 0.325 e. The minimum Gasteiger partial charge on any atom is -0.324 e. The molecule has 0 radical (unpaired) electrons. The first-order valence-corrected chi connectivity index (χ1v) is 6.50. The van der Waals surface area contributed by atoms with E-state index in [2.05, 4.69) is 11.9 Å². The van der Waals surface area contributed by atoms with Crippen LogP contribution in [0.3, 0.4) is 0 Å². The van der Waals surface area contributed by atoms with Crippen molar-refractivity contribution in [2.45, 2.75) is 19.3 Å². The summed E-state index contributed by atoms with van der Waals surface area (Å²) in [5.74, 6) is 0.517. The van der Waals surface area contributed by atoms with Crippen molar-refractivity contribution in [1.82, 2.24) is 4.90 Å². The van der Waals surface area contributed by atoms with Crippen LogP contribution in [0.5, 0.6) is 0 Å². The number of likely N-dealkylation sites (tertiary alicyclic amines) is 1. The Morgan fingerprint density at radius 3 is 2.38 bits per heavy atom. The lowest BCUT2D eigenvalue weighted by atomic mass is 9.95. The smallest absolute Gasteiger partial charge is 0.324 e. The molecular formula is C8H18NO3P. The third-order valence-electron chi connectivity index (χ3n) is 2.67. The minimum atomic E-state index is -3.76. The first kappa shape index (κ1) is 11.2. The van der Waals surface area contributed by atoms with Crippen LogP contribution in [-0.4, -0.2) is 41.0 Å². The minimum absolute atomic E-state index is 0.0569. The van der Waals surface area contributed by atoms with Crippen molar-refractivity contribution in [2.24, 2.45) is 5.92 Å². The van der Waals surface area contributed by atoms with Crippen molar-refractivity contribution < 1.29 is 14.4 Å². The van der Waals surface area contributed by atoms with Gasteiger partial charge >= 0.3 is 7.60 Å². The molecule has 1 fully saturated rings. The van der Waals surface area contributed by atoms with E-state index in [0.29, 0.717) is 12.3 Å². The van der Waals surface area contributed by atoms with Crippen molar-refractivity contribution in [3.63, 3.8) is 0 Å². The molecule has 0 aromatic heterocycles. The highest BCUT2D eigenvalue weighted by Crippen LogP contribution is 2.37. The average Bonchev–Trinajstić information content (AvgIpc) is 2.02. The Labute approximate surface area is 79.1 Å². The van der Waals surface area contributed by atoms with Gasteiger partial charge in [0.1, 0.15) is 0 Å². The van der Waals surface area contributed by atoms with E-state index in [0.717, 1.165) is 25.9 Å². The van der Waals surface area contributed by atoms with Crippen molar-refractivity contribution in [3.05, 3.63) is 0 Å². The van der Waals surface area contributed by atoms with Gasteiger partial charge < -0.3 is 14.7 Å². The van der Waals surface area contributed by atoms with Gasteiger partial charge in [-0.2, -0.15) is 0 Å². The molecule has 0 bridgehead atoms. The summed E-state index contributed by atoms with van der Waals surface area (Å²) in [6, 6.07) is 0. The Morgan fingerprint density at radius 1 is 1.38 bits per heavy atom. The molecule has 1 aliphatic heterocycles. The molecule has 1 rings (SSSR count). The van der Waals surface area contributed by atoms with E-state index in [1.54, 1.807) is 0 Å². The molecule has 1 heterocycles. The fourth-order valence-electron chi connectivity index (χ4n) is 1.70. The van der Waals surface area contributed by atoms with E-state index < -0.39 is 7.60 Å². The van der Waals surface area contributed by atoms with Crippen molar-refractivity contribution in [3.8, 4) is 0 Å². The van der Waals surface area contributed by atoms with E-state index in [9.17, 15) is 4.57 Å². The van der Waals surface area contributed by atoms with Crippen LogP contribution >= 0.6 is 7.60 Å². The lowest BCUT2D eigenvalue weighted by Crippen LogP contribution is -2.30. The van der Waals surface area contributed by atoms with Crippen LogP contribution in [0.2, 0.25) is 0 Å². The monoisotopic (exact) mass is 207 g/mol. The van der Waals surface area contributed by atoms with Gasteiger partial charge in [0.05, 0.1) is 6.16 Å². The third kappa shape index (κ3) is 4.77. The first-order valence-electron chi connectivity index (χ1n) is 4.70. The molecule has 1 saturated heterocycles. The van der Waals surface area contributed by atoms with Gasteiger partial charge in [0.15, 0.2) is 0 Å². The second-order valence-corrected chi connectivity index (χ2v) is 5.70. The summed E-state index contributed by atoms with van der Waals surface area (Å²) in [6.07, 6.45) is 2.90. The van der Waals surface area contributed by atoms with Crippen LogP contribution in [0.15, 0.2) is 0 Å². The molecule has 78 valence electrons. The molecule has 0 atom stereocenters. The molecule has 0 saturated carbocycles. The highest BCUT2D eigenvalue weighted by Gasteiger charge is 2.20. The van der Waals surface area contributed by atoms with Gasteiger partial charge in [0.25, 0.3) is 0 Å². The van der Waals surface area contributed by atoms with E-state index in [1.165, 1.54) is 0 Å². The fraction of sp³-hybridized carbons (Fsp3) is 1.00. The third-order valence-corrected chi connectivity index (χ3v) is 3.51. The van der Waals surface area contributed by atoms with Gasteiger partial charge in [-0.15, -0.1) is 0 Å². The van der Waals surface area contributed by atoms with Gasteiger partial charge in [-0.3, -0.25) is 4.57 Å². The quantitative estimate of drug-likeness (QED) is 0.675. The van der Waals surface area contributed by atoms with Crippen molar-refractivity contribution in [2.75, 3.05) is 26.3 Å². The standard InChI is InChI=1S/C8H18NO3P/c1-9-5-2-8(3-6-9)4-7-13(10,11)12/h8H,2-7H2,1H3,(H2,10,11,12). The summed E-state index contributed by atoms with van der Waals surface area (Å²) in [4.78, 5) is 19.7. The Kier molecular flexibility index (Phi) is 3.92. The van der Waals surface area contributed by atoms with Gasteiger partial charge in [-0.25, -0.2) is 0 Å². The first-order chi connectivity index (χ1) is 5.97. The number of hydrogen-bond donors (Lipinski definition) is 2. The van der Waals surface area contributed by atoms with Crippen LogP contribution in [0.1, 0.15) is 19.3 Å². The summed E-state index contributed by atoms with van der Waals surface area (Å²) in [5.41, 5.74) is 0. The summed E-state index contributed by atoms with van der Waals surface area (Å²) in [7, 11) is -1.68. The van der Waals surface area contributed by atoms with Gasteiger partial charge in [0.2, 0.25) is 0 Å². The van der Waals surface area contributed by atoms with Crippen molar-refractivity contribution >= 4 is 7.60 Å². The van der Waals surface area contributed by atoms with Crippen LogP contribution < -0.4 is 0 Å². The highest BCUT2D eigenvalue weighted by atomic mass is 31.2. The van der Waals surface area contributed by atoms with Gasteiger partial charge in [-0.05, 0) is 45.3 Å². The number of nitrogens with zero attached hydrogens (tertiary/aromatic N) is 1. The molecule has 2 N–H and O–H groups in total. The molecule has 0 aromatic rings. The summed E-state index contributed by atoms with van der Waals surface area (Å²) >= 11 is 0. The number of piperidine rings is 1. The van der Waals surface area contributed by atoms with Crippen LogP contribution in [0, 0.1) is 5.92 Å². The second-order valence-electron chi connectivity index (χ2n) is 3.92. The van der Waals surface area contributed by atoms with E-state index >= 15 is 0 Å². The Hall–Kier alpha value is 0.110. The summed E-state index contributed by atoms with van der Waals surface area (Å²) in [6.45, 7) is 2.12. The molecule has 1 aliphatic rings. The molecule has 0 amide bonds. The van der Waals surface area contributed by atoms with Crippen LogP contribution in [-0.2, 0) is 4.57 Å². The van der Waals surface area contributed by atoms with E-state index in [1.807, 2.05) is 0 Å². The predicted molar refractivity (Wildman–Crippen MR) is 51.7 cm³/mol. The summed E-state index contributed by atoms with van der Waals surface area (Å²) < 4.78 is 10.6. The van der Waals surface area contributed by atoms with Crippen molar-refractivity contribution in [1.29, 1.82) is 0 Å². The maximum atomic E-state index is 10.6. The number of rotatable bonds is 3. The Balaban J connectivity index is 2.20. The zero-order valence-corrected chi connectivity index (χ0v) is 8.91. The highest BCUT2D eigenvalue weighted by molar-refractivity contribution is 7.51. The summed E-state index contributed by atoms with van der Waals surface area (Å²) in [5, 5.41) is 0. The molecule has 0 aliphatic carbocycles. The number of hydrogen-bond acceptors (Lipinski definition) is 2. The average molecular weight is 207 g/mol. The van der Waals surface area contributed by atoms with Gasteiger partial charge in [0, 0.05) is 0 Å². The topological polar surface area (TPSA) is 60.8 Å². The van der Waals surface area contributed by atoms with Crippen LogP contribution in [0.25, 0.3) is 0 Å². The fourth-order valence-corrected chi connectivity index (χ4v) is 2.40. The SMILES string of the molecule is CN1CCC(CCP(=O)(O)O)CC1. The Bertz CT molecular complexity index is 196. The zero-order chi connectivity index (χ0) is 9.90. The lowest BCUT2D eigenvalue weighted by molar-refractivity contribution is 0.215. The molecule has 4 nitrogen and oxygen atoms in total. The molecular weight excluding hydrogens is 189 g/mol. The zero-order valence-electron chi connectivity index (χ0n) is 8.02. The Morgan fingerprint density at radius 2 is 1.92 bits per heavy atom. The van der Waals surface area contributed by atoms with E-state index in [-0.39, 0.29) is 6.16 Å². The molecule has 5 heteroatoms. The molecule has 0 aromatic carbocycles. The normalized spacial score (nSPS) is 22.1. The molecule has 13 heavy (non-hydrogen) atoms. The van der Waals surface area contributed by atoms with Gasteiger partial charge in [-0.1, -0.05) is 0 Å². The largest absolute Gasteiger partial charge is 0.325 e. The van der Waals surface area contributed by atoms with E-state index in [4.69, 9.17) is 9.79 Å². The molecule has 0 spiro atoms. The molecule has 0 unspecified atom stereocenters.